The third-order valence-corrected chi connectivity index (χ3v) is 5.18. The molecule has 0 aromatic carbocycles. The van der Waals surface area contributed by atoms with Crippen molar-refractivity contribution < 1.29 is 28.7 Å². The Kier molecular flexibility index (Phi) is 4.09. The van der Waals surface area contributed by atoms with Gasteiger partial charge in [0, 0.05) is 5.69 Å². The minimum Gasteiger partial charge on any atom is -0.360 e. The monoisotopic (exact) mass is 282 g/mol. The van der Waals surface area contributed by atoms with Crippen LogP contribution in [0.4, 0.5) is 5.69 Å². The van der Waals surface area contributed by atoms with Crippen molar-refractivity contribution in [2.75, 3.05) is 5.32 Å². The molecule has 0 aliphatic rings. The van der Waals surface area contributed by atoms with E-state index in [1.165, 1.54) is 12.3 Å². The van der Waals surface area contributed by atoms with Crippen LogP contribution in [-0.2, 0) is 9.13 Å². The fourth-order valence-electron chi connectivity index (χ4n) is 1.07. The second kappa shape index (κ2) is 4.86. The van der Waals surface area contributed by atoms with E-state index in [9.17, 15) is 9.13 Å². The Labute approximate surface area is 97.0 Å². The minimum absolute atomic E-state index is 0.118. The highest BCUT2D eigenvalue weighted by Gasteiger charge is 2.43. The van der Waals surface area contributed by atoms with Crippen LogP contribution in [0.3, 0.4) is 0 Å². The first-order valence-electron chi connectivity index (χ1n) is 4.40. The first-order valence-corrected chi connectivity index (χ1v) is 7.76. The third-order valence-electron chi connectivity index (χ3n) is 1.84. The van der Waals surface area contributed by atoms with Crippen LogP contribution in [0.5, 0.6) is 0 Å². The van der Waals surface area contributed by atoms with Gasteiger partial charge in [-0.25, -0.2) is 0 Å². The van der Waals surface area contributed by atoms with Crippen LogP contribution in [0, 0.1) is 6.92 Å². The summed E-state index contributed by atoms with van der Waals surface area (Å²) in [5, 5.41) is 2.10. The molecule has 0 amide bonds. The minimum atomic E-state index is -4.98. The molecule has 0 radical (unpaired) electrons. The fraction of sp³-hybridized carbons (Fsp3) is 0.286. The molecular formula is C7H12N2O6P2. The van der Waals surface area contributed by atoms with E-state index in [1.54, 1.807) is 13.0 Å². The first kappa shape index (κ1) is 14.3. The Hall–Kier alpha value is -0.750. The lowest BCUT2D eigenvalue weighted by Crippen LogP contribution is -2.19. The van der Waals surface area contributed by atoms with Crippen LogP contribution >= 0.6 is 15.2 Å². The first-order chi connectivity index (χ1) is 7.60. The van der Waals surface area contributed by atoms with Crippen molar-refractivity contribution in [3.63, 3.8) is 0 Å². The normalized spacial score (nSPS) is 12.8. The zero-order valence-corrected chi connectivity index (χ0v) is 10.5. The van der Waals surface area contributed by atoms with Crippen molar-refractivity contribution in [1.82, 2.24) is 4.98 Å². The van der Waals surface area contributed by atoms with Crippen molar-refractivity contribution in [3.8, 4) is 0 Å². The molecule has 17 heavy (non-hydrogen) atoms. The van der Waals surface area contributed by atoms with Gasteiger partial charge in [0.25, 0.3) is 0 Å². The summed E-state index contributed by atoms with van der Waals surface area (Å²) in [6.45, 7) is 1.70. The van der Waals surface area contributed by atoms with Crippen molar-refractivity contribution in [2.45, 2.75) is 12.4 Å². The third kappa shape index (κ3) is 4.20. The molecule has 0 atom stereocenters. The van der Waals surface area contributed by atoms with Crippen molar-refractivity contribution in [2.24, 2.45) is 0 Å². The molecule has 0 bridgehead atoms. The van der Waals surface area contributed by atoms with Gasteiger partial charge in [-0.05, 0) is 19.1 Å². The molecule has 1 aromatic rings. The lowest BCUT2D eigenvalue weighted by Gasteiger charge is -2.21. The summed E-state index contributed by atoms with van der Waals surface area (Å²) >= 11 is 0. The highest BCUT2D eigenvalue weighted by atomic mass is 31.2. The zero-order valence-electron chi connectivity index (χ0n) is 8.76. The van der Waals surface area contributed by atoms with Gasteiger partial charge < -0.3 is 24.9 Å². The Morgan fingerprint density at radius 2 is 1.71 bits per heavy atom. The molecule has 1 rings (SSSR count). The van der Waals surface area contributed by atoms with Crippen LogP contribution in [-0.4, -0.2) is 30.1 Å². The molecule has 5 N–H and O–H groups in total. The predicted octanol–water partition coefficient (Wildman–Crippen LogP) is 0.441. The molecule has 1 heterocycles. The summed E-state index contributed by atoms with van der Waals surface area (Å²) in [6.07, 6.45) is 1.23. The number of hydrogen-bond acceptors (Lipinski definition) is 4. The van der Waals surface area contributed by atoms with Crippen LogP contribution in [0.15, 0.2) is 18.3 Å². The number of aryl methyl sites for hydroxylation is 1. The van der Waals surface area contributed by atoms with Gasteiger partial charge in [0.15, 0.2) is 0 Å². The number of hydrogen-bond donors (Lipinski definition) is 5. The Morgan fingerprint density at radius 1 is 1.18 bits per heavy atom. The van der Waals surface area contributed by atoms with Gasteiger partial charge >= 0.3 is 15.2 Å². The van der Waals surface area contributed by atoms with Gasteiger partial charge in [0.2, 0.25) is 5.52 Å². The van der Waals surface area contributed by atoms with E-state index in [0.29, 0.717) is 5.69 Å². The zero-order chi connectivity index (χ0) is 13.3. The highest BCUT2D eigenvalue weighted by Crippen LogP contribution is 2.59. The van der Waals surface area contributed by atoms with Gasteiger partial charge in [-0.1, -0.05) is 0 Å². The highest BCUT2D eigenvalue weighted by molar-refractivity contribution is 7.71. The SMILES string of the molecule is Cc1ccc(NC(P(=O)(O)O)P(=O)(O)O)cn1. The number of aromatic nitrogens is 1. The molecule has 8 nitrogen and oxygen atoms in total. The molecule has 0 unspecified atom stereocenters. The quantitative estimate of drug-likeness (QED) is 0.501. The average molecular weight is 282 g/mol. The van der Waals surface area contributed by atoms with Crippen molar-refractivity contribution in [3.05, 3.63) is 24.0 Å². The van der Waals surface area contributed by atoms with E-state index in [0.717, 1.165) is 0 Å². The lowest BCUT2D eigenvalue weighted by atomic mass is 10.3. The topological polar surface area (TPSA) is 140 Å². The van der Waals surface area contributed by atoms with E-state index >= 15 is 0 Å². The van der Waals surface area contributed by atoms with Crippen LogP contribution in [0.2, 0.25) is 0 Å². The largest absolute Gasteiger partial charge is 0.360 e. The Morgan fingerprint density at radius 3 is 2.06 bits per heavy atom. The van der Waals surface area contributed by atoms with Gasteiger partial charge in [-0.2, -0.15) is 0 Å². The standard InChI is InChI=1S/C7H12N2O6P2/c1-5-2-3-6(4-8-5)9-7(16(10,11)12)17(13,14)15/h2-4,7,9H,1H3,(H2,10,11,12)(H2,13,14,15). The van der Waals surface area contributed by atoms with Crippen LogP contribution in [0.1, 0.15) is 5.69 Å². The second-order valence-corrected chi connectivity index (χ2v) is 7.18. The molecule has 0 saturated carbocycles. The predicted molar refractivity (Wildman–Crippen MR) is 60.5 cm³/mol. The van der Waals surface area contributed by atoms with Crippen LogP contribution in [0.25, 0.3) is 0 Å². The summed E-state index contributed by atoms with van der Waals surface area (Å²) in [5.41, 5.74) is -1.48. The number of nitrogens with zero attached hydrogens (tertiary/aromatic N) is 1. The Bertz CT molecular complexity index is 456. The molecule has 0 fully saturated rings. The second-order valence-electron chi connectivity index (χ2n) is 3.38. The van der Waals surface area contributed by atoms with Gasteiger partial charge in [-0.15, -0.1) is 0 Å². The van der Waals surface area contributed by atoms with Gasteiger partial charge in [0.1, 0.15) is 0 Å². The summed E-state index contributed by atoms with van der Waals surface area (Å²) < 4.78 is 21.9. The van der Waals surface area contributed by atoms with E-state index in [2.05, 4.69) is 10.3 Å². The maximum atomic E-state index is 11.0. The van der Waals surface area contributed by atoms with E-state index in [-0.39, 0.29) is 5.69 Å². The number of pyridine rings is 1. The van der Waals surface area contributed by atoms with E-state index in [1.807, 2.05) is 0 Å². The fourth-order valence-corrected chi connectivity index (χ4v) is 3.27. The summed E-state index contributed by atoms with van der Waals surface area (Å²) in [4.78, 5) is 39.3. The summed E-state index contributed by atoms with van der Waals surface area (Å²) in [5.74, 6) is 0. The summed E-state index contributed by atoms with van der Waals surface area (Å²) in [7, 11) is -9.95. The number of rotatable bonds is 4. The Balaban J connectivity index is 3.00. The number of anilines is 1. The smallest absolute Gasteiger partial charge is 0.360 e. The molecule has 96 valence electrons. The van der Waals surface area contributed by atoms with E-state index < -0.39 is 20.7 Å². The molecule has 10 heteroatoms. The molecule has 1 aromatic heterocycles. The maximum absolute atomic E-state index is 11.0. The van der Waals surface area contributed by atoms with Crippen molar-refractivity contribution in [1.29, 1.82) is 0 Å². The average Bonchev–Trinajstić information content (AvgIpc) is 2.13. The molecule has 0 aliphatic carbocycles. The number of nitrogens with one attached hydrogen (secondary N) is 1. The van der Waals surface area contributed by atoms with E-state index in [4.69, 9.17) is 19.6 Å². The van der Waals surface area contributed by atoms with Crippen molar-refractivity contribution >= 4 is 20.9 Å². The maximum Gasteiger partial charge on any atom is 0.360 e. The molecule has 0 saturated heterocycles. The van der Waals surface area contributed by atoms with Crippen LogP contribution < -0.4 is 5.32 Å². The van der Waals surface area contributed by atoms with Gasteiger partial charge in [-0.3, -0.25) is 14.1 Å². The molecule has 0 spiro atoms. The van der Waals surface area contributed by atoms with Gasteiger partial charge in [0.05, 0.1) is 11.9 Å². The summed E-state index contributed by atoms with van der Waals surface area (Å²) in [6, 6.07) is 2.96. The molecule has 0 aliphatic heterocycles. The molecular weight excluding hydrogens is 270 g/mol. The lowest BCUT2D eigenvalue weighted by molar-refractivity contribution is 0.343.